The number of thioether (sulfide) groups is 1. The Bertz CT molecular complexity index is 1200. The second-order valence-electron chi connectivity index (χ2n) is 7.17. The van der Waals surface area contributed by atoms with Gasteiger partial charge in [-0.3, -0.25) is 4.57 Å². The summed E-state index contributed by atoms with van der Waals surface area (Å²) >= 11 is 1.63. The van der Waals surface area contributed by atoms with Crippen LogP contribution in [0, 0.1) is 6.92 Å². The molecule has 0 saturated carbocycles. The molecule has 4 aromatic rings. The Labute approximate surface area is 192 Å². The smallest absolute Gasteiger partial charge is 0.196 e. The molecule has 1 aromatic heterocycles. The topological polar surface area (TPSA) is 58.4 Å². The van der Waals surface area contributed by atoms with Crippen LogP contribution in [-0.2, 0) is 5.75 Å². The number of nitrogens with zero attached hydrogens (tertiary/aromatic N) is 3. The zero-order chi connectivity index (χ0) is 22.5. The van der Waals surface area contributed by atoms with E-state index < -0.39 is 0 Å². The highest BCUT2D eigenvalue weighted by Gasteiger charge is 2.19. The van der Waals surface area contributed by atoms with Crippen molar-refractivity contribution in [2.45, 2.75) is 17.8 Å². The molecule has 0 aliphatic carbocycles. The zero-order valence-electron chi connectivity index (χ0n) is 18.5. The van der Waals surface area contributed by atoms with Gasteiger partial charge >= 0.3 is 0 Å². The van der Waals surface area contributed by atoms with Crippen LogP contribution in [-0.4, -0.2) is 36.1 Å². The van der Waals surface area contributed by atoms with E-state index >= 15 is 0 Å². The molecule has 0 bridgehead atoms. The maximum absolute atomic E-state index is 5.47. The van der Waals surface area contributed by atoms with Crippen LogP contribution in [0.25, 0.3) is 17.1 Å². The molecule has 164 valence electrons. The van der Waals surface area contributed by atoms with Gasteiger partial charge in [0, 0.05) is 17.4 Å². The number of hydrogen-bond acceptors (Lipinski definition) is 6. The highest BCUT2D eigenvalue weighted by Crippen LogP contribution is 2.34. The molecule has 0 saturated heterocycles. The van der Waals surface area contributed by atoms with Crippen LogP contribution in [0.4, 0.5) is 0 Å². The van der Waals surface area contributed by atoms with E-state index in [1.165, 1.54) is 0 Å². The Balaban J connectivity index is 1.78. The van der Waals surface area contributed by atoms with E-state index in [-0.39, 0.29) is 0 Å². The fraction of sp³-hybridized carbons (Fsp3) is 0.200. The SMILES string of the molecule is COc1cccc(CSc2nnc(-c3cc(OC)cc(OC)c3)n2-c2ccccc2C)c1. The van der Waals surface area contributed by atoms with Gasteiger partial charge in [-0.2, -0.15) is 0 Å². The van der Waals surface area contributed by atoms with Crippen LogP contribution in [0.1, 0.15) is 11.1 Å². The average Bonchev–Trinajstić information content (AvgIpc) is 3.26. The summed E-state index contributed by atoms with van der Waals surface area (Å²) in [7, 11) is 4.95. The standard InChI is InChI=1S/C25H25N3O3S/c1-17-8-5-6-11-23(17)28-24(19-13-21(30-3)15-22(14-19)31-4)26-27-25(28)32-16-18-9-7-10-20(12-18)29-2/h5-15H,16H2,1-4H3. The van der Waals surface area contributed by atoms with Crippen LogP contribution >= 0.6 is 11.8 Å². The lowest BCUT2D eigenvalue weighted by molar-refractivity contribution is 0.394. The van der Waals surface area contributed by atoms with Crippen LogP contribution < -0.4 is 14.2 Å². The number of benzene rings is 3. The molecule has 7 heteroatoms. The summed E-state index contributed by atoms with van der Waals surface area (Å²) in [6.45, 7) is 2.09. The Hall–Kier alpha value is -3.45. The average molecular weight is 448 g/mol. The van der Waals surface area contributed by atoms with Crippen molar-refractivity contribution >= 4 is 11.8 Å². The second-order valence-corrected chi connectivity index (χ2v) is 8.11. The van der Waals surface area contributed by atoms with Crippen molar-refractivity contribution in [3.8, 4) is 34.3 Å². The molecule has 0 unspecified atom stereocenters. The molecule has 32 heavy (non-hydrogen) atoms. The van der Waals surface area contributed by atoms with Crippen molar-refractivity contribution in [3.05, 3.63) is 77.9 Å². The molecule has 0 N–H and O–H groups in total. The lowest BCUT2D eigenvalue weighted by Crippen LogP contribution is -2.02. The number of aryl methyl sites for hydroxylation is 1. The summed E-state index contributed by atoms with van der Waals surface area (Å²) in [4.78, 5) is 0. The first kappa shape index (κ1) is 21.8. The molecule has 4 rings (SSSR count). The van der Waals surface area contributed by atoms with E-state index in [2.05, 4.69) is 39.9 Å². The van der Waals surface area contributed by atoms with E-state index in [1.807, 2.05) is 48.5 Å². The number of methoxy groups -OCH3 is 3. The summed E-state index contributed by atoms with van der Waals surface area (Å²) in [5, 5.41) is 9.90. The molecule has 0 fully saturated rings. The number of para-hydroxylation sites is 1. The van der Waals surface area contributed by atoms with Gasteiger partial charge in [0.1, 0.15) is 17.2 Å². The zero-order valence-corrected chi connectivity index (χ0v) is 19.3. The maximum Gasteiger partial charge on any atom is 0.196 e. The third-order valence-corrected chi connectivity index (χ3v) is 6.10. The molecule has 1 heterocycles. The van der Waals surface area contributed by atoms with Gasteiger partial charge in [-0.25, -0.2) is 0 Å². The van der Waals surface area contributed by atoms with E-state index in [9.17, 15) is 0 Å². The predicted molar refractivity (Wildman–Crippen MR) is 127 cm³/mol. The first-order valence-corrected chi connectivity index (χ1v) is 11.1. The molecular weight excluding hydrogens is 422 g/mol. The van der Waals surface area contributed by atoms with Crippen LogP contribution in [0.3, 0.4) is 0 Å². The second kappa shape index (κ2) is 9.78. The number of rotatable bonds is 8. The van der Waals surface area contributed by atoms with Gasteiger partial charge in [-0.05, 0) is 48.4 Å². The molecule has 0 amide bonds. The minimum Gasteiger partial charge on any atom is -0.497 e. The highest BCUT2D eigenvalue weighted by atomic mass is 32.2. The molecule has 0 aliphatic heterocycles. The summed E-state index contributed by atoms with van der Waals surface area (Å²) in [6.07, 6.45) is 0. The minimum atomic E-state index is 0.698. The summed E-state index contributed by atoms with van der Waals surface area (Å²) in [6, 6.07) is 22.0. The normalized spacial score (nSPS) is 10.8. The Kier molecular flexibility index (Phi) is 6.66. The fourth-order valence-electron chi connectivity index (χ4n) is 3.43. The summed E-state index contributed by atoms with van der Waals surface area (Å²) < 4.78 is 18.4. The van der Waals surface area contributed by atoms with Crippen LogP contribution in [0.2, 0.25) is 0 Å². The van der Waals surface area contributed by atoms with E-state index in [0.717, 1.165) is 44.9 Å². The highest BCUT2D eigenvalue weighted by molar-refractivity contribution is 7.98. The number of ether oxygens (including phenoxy) is 3. The van der Waals surface area contributed by atoms with Gasteiger partial charge in [-0.1, -0.05) is 42.1 Å². The summed E-state index contributed by atoms with van der Waals surface area (Å²) in [5.74, 6) is 3.70. The Morgan fingerprint density at radius 2 is 1.50 bits per heavy atom. The molecule has 6 nitrogen and oxygen atoms in total. The van der Waals surface area contributed by atoms with Gasteiger partial charge < -0.3 is 14.2 Å². The molecule has 0 radical (unpaired) electrons. The number of aromatic nitrogens is 3. The largest absolute Gasteiger partial charge is 0.497 e. The van der Waals surface area contributed by atoms with Gasteiger partial charge in [0.2, 0.25) is 0 Å². The van der Waals surface area contributed by atoms with Crippen molar-refractivity contribution < 1.29 is 14.2 Å². The van der Waals surface area contributed by atoms with Crippen LogP contribution in [0.5, 0.6) is 17.2 Å². The van der Waals surface area contributed by atoms with Crippen molar-refractivity contribution in [3.63, 3.8) is 0 Å². The first-order valence-electron chi connectivity index (χ1n) is 10.1. The van der Waals surface area contributed by atoms with E-state index in [1.54, 1.807) is 33.1 Å². The maximum atomic E-state index is 5.47. The van der Waals surface area contributed by atoms with E-state index in [0.29, 0.717) is 11.5 Å². The van der Waals surface area contributed by atoms with Gasteiger partial charge in [0.05, 0.1) is 27.0 Å². The van der Waals surface area contributed by atoms with Crippen molar-refractivity contribution in [1.29, 1.82) is 0 Å². The molecule has 0 spiro atoms. The predicted octanol–water partition coefficient (Wildman–Crippen LogP) is 5.56. The number of hydrogen-bond donors (Lipinski definition) is 0. The third kappa shape index (κ3) is 4.57. The van der Waals surface area contributed by atoms with Gasteiger partial charge in [0.15, 0.2) is 11.0 Å². The molecular formula is C25H25N3O3S. The van der Waals surface area contributed by atoms with Crippen molar-refractivity contribution in [1.82, 2.24) is 14.8 Å². The Morgan fingerprint density at radius 3 is 2.19 bits per heavy atom. The fourth-order valence-corrected chi connectivity index (χ4v) is 4.32. The van der Waals surface area contributed by atoms with Crippen LogP contribution in [0.15, 0.2) is 71.9 Å². The monoisotopic (exact) mass is 447 g/mol. The van der Waals surface area contributed by atoms with E-state index in [4.69, 9.17) is 14.2 Å². The quantitative estimate of drug-likeness (QED) is 0.330. The van der Waals surface area contributed by atoms with Crippen molar-refractivity contribution in [2.75, 3.05) is 21.3 Å². The van der Waals surface area contributed by atoms with Gasteiger partial charge in [0.25, 0.3) is 0 Å². The Morgan fingerprint density at radius 1 is 0.781 bits per heavy atom. The molecule has 0 atom stereocenters. The lowest BCUT2D eigenvalue weighted by Gasteiger charge is -2.14. The summed E-state index contributed by atoms with van der Waals surface area (Å²) in [5.41, 5.74) is 4.18. The molecule has 3 aromatic carbocycles. The molecule has 0 aliphatic rings. The van der Waals surface area contributed by atoms with Crippen molar-refractivity contribution in [2.24, 2.45) is 0 Å². The first-order chi connectivity index (χ1) is 15.6. The van der Waals surface area contributed by atoms with Gasteiger partial charge in [-0.15, -0.1) is 10.2 Å². The third-order valence-electron chi connectivity index (χ3n) is 5.10. The minimum absolute atomic E-state index is 0.698. The lowest BCUT2D eigenvalue weighted by atomic mass is 10.1.